The van der Waals surface area contributed by atoms with Crippen molar-refractivity contribution < 1.29 is 9.53 Å². The number of anilines is 1. The summed E-state index contributed by atoms with van der Waals surface area (Å²) in [7, 11) is 1.63. The van der Waals surface area contributed by atoms with Crippen LogP contribution in [0, 0.1) is 0 Å². The Morgan fingerprint density at radius 3 is 2.66 bits per heavy atom. The molecular formula is C20H17N5O2S2. The van der Waals surface area contributed by atoms with Gasteiger partial charge in [0.1, 0.15) is 16.0 Å². The van der Waals surface area contributed by atoms with Crippen LogP contribution in [0.5, 0.6) is 5.75 Å². The van der Waals surface area contributed by atoms with E-state index in [1.807, 2.05) is 60.0 Å². The molecule has 7 nitrogen and oxygen atoms in total. The summed E-state index contributed by atoms with van der Waals surface area (Å²) in [4.78, 5) is 17.6. The highest BCUT2D eigenvalue weighted by atomic mass is 32.2. The molecule has 1 atom stereocenters. The maximum atomic E-state index is 13.0. The first kappa shape index (κ1) is 19.2. The normalized spacial score (nSPS) is 11.8. The Bertz CT molecular complexity index is 1070. The number of hydrogen-bond donors (Lipinski definition) is 2. The molecule has 1 unspecified atom stereocenters. The van der Waals surface area contributed by atoms with Crippen LogP contribution < -0.4 is 10.1 Å². The van der Waals surface area contributed by atoms with Crippen LogP contribution in [0.3, 0.4) is 0 Å². The van der Waals surface area contributed by atoms with Gasteiger partial charge < -0.3 is 10.1 Å². The van der Waals surface area contributed by atoms with Crippen molar-refractivity contribution >= 4 is 34.1 Å². The summed E-state index contributed by atoms with van der Waals surface area (Å²) in [5.74, 6) is 0.618. The average Bonchev–Trinajstić information content (AvgIpc) is 3.45. The Labute approximate surface area is 175 Å². The smallest absolute Gasteiger partial charge is 0.244 e. The summed E-state index contributed by atoms with van der Waals surface area (Å²) >= 11 is 2.71. The molecule has 1 amide bonds. The van der Waals surface area contributed by atoms with Crippen molar-refractivity contribution in [3.8, 4) is 17.0 Å². The SMILES string of the molecule is COc1ccc(-c2csc(NC(=O)C(Sc3cn[nH]n3)c3ccccc3)n2)cc1. The lowest BCUT2D eigenvalue weighted by Gasteiger charge is -2.14. The minimum atomic E-state index is -0.477. The zero-order valence-electron chi connectivity index (χ0n) is 15.4. The summed E-state index contributed by atoms with van der Waals surface area (Å²) < 4.78 is 5.19. The van der Waals surface area contributed by atoms with E-state index in [2.05, 4.69) is 25.7 Å². The standard InChI is InChI=1S/C20H17N5O2S2/c1-27-15-9-7-13(8-10-15)16-12-28-20(22-16)23-19(26)18(14-5-3-2-4-6-14)29-17-11-21-25-24-17/h2-12,18H,1H3,(H,21,24,25)(H,22,23,26). The van der Waals surface area contributed by atoms with Gasteiger partial charge in [0.2, 0.25) is 5.91 Å². The zero-order chi connectivity index (χ0) is 20.1. The number of carbonyl (C=O) groups excluding carboxylic acids is 1. The molecule has 0 aliphatic carbocycles. The van der Waals surface area contributed by atoms with E-state index in [4.69, 9.17) is 4.74 Å². The molecule has 0 bridgehead atoms. The number of nitrogens with one attached hydrogen (secondary N) is 2. The van der Waals surface area contributed by atoms with Gasteiger partial charge in [-0.2, -0.15) is 10.3 Å². The maximum absolute atomic E-state index is 13.0. The number of thiazole rings is 1. The van der Waals surface area contributed by atoms with Gasteiger partial charge in [-0.1, -0.05) is 42.1 Å². The number of benzene rings is 2. The second-order valence-electron chi connectivity index (χ2n) is 5.97. The summed E-state index contributed by atoms with van der Waals surface area (Å²) in [6, 6.07) is 17.2. The van der Waals surface area contributed by atoms with Crippen LogP contribution in [0.1, 0.15) is 10.8 Å². The lowest BCUT2D eigenvalue weighted by atomic mass is 10.1. The minimum Gasteiger partial charge on any atom is -0.497 e. The number of nitrogens with zero attached hydrogens (tertiary/aromatic N) is 3. The fraction of sp³-hybridized carbons (Fsp3) is 0.100. The summed E-state index contributed by atoms with van der Waals surface area (Å²) in [5.41, 5.74) is 2.64. The summed E-state index contributed by atoms with van der Waals surface area (Å²) in [6.07, 6.45) is 1.60. The zero-order valence-corrected chi connectivity index (χ0v) is 17.0. The Hall–Kier alpha value is -3.17. The Morgan fingerprint density at radius 1 is 1.17 bits per heavy atom. The van der Waals surface area contributed by atoms with Crippen LogP contribution in [0.15, 0.2) is 71.2 Å². The van der Waals surface area contributed by atoms with Gasteiger partial charge in [0, 0.05) is 10.9 Å². The van der Waals surface area contributed by atoms with Crippen LogP contribution in [0.2, 0.25) is 0 Å². The number of aromatic amines is 1. The third-order valence-corrected chi connectivity index (χ3v) is 6.01. The number of H-pyrrole nitrogens is 1. The molecule has 4 rings (SSSR count). The van der Waals surface area contributed by atoms with E-state index >= 15 is 0 Å². The highest BCUT2D eigenvalue weighted by Gasteiger charge is 2.24. The summed E-state index contributed by atoms with van der Waals surface area (Å²) in [5, 5.41) is 16.0. The highest BCUT2D eigenvalue weighted by molar-refractivity contribution is 8.00. The molecule has 29 heavy (non-hydrogen) atoms. The van der Waals surface area contributed by atoms with Crippen molar-refractivity contribution in [3.05, 3.63) is 71.7 Å². The third-order valence-electron chi connectivity index (χ3n) is 4.09. The van der Waals surface area contributed by atoms with Crippen LogP contribution in [-0.2, 0) is 4.79 Å². The van der Waals surface area contributed by atoms with E-state index in [1.54, 1.807) is 13.3 Å². The van der Waals surface area contributed by atoms with Gasteiger partial charge in [-0.3, -0.25) is 4.79 Å². The van der Waals surface area contributed by atoms with Gasteiger partial charge in [-0.15, -0.1) is 16.4 Å². The van der Waals surface area contributed by atoms with E-state index in [0.29, 0.717) is 10.2 Å². The molecule has 2 aromatic carbocycles. The summed E-state index contributed by atoms with van der Waals surface area (Å²) in [6.45, 7) is 0. The van der Waals surface area contributed by atoms with Crippen LogP contribution in [0.4, 0.5) is 5.13 Å². The quantitative estimate of drug-likeness (QED) is 0.428. The number of thioether (sulfide) groups is 1. The van der Waals surface area contributed by atoms with Crippen LogP contribution in [0.25, 0.3) is 11.3 Å². The van der Waals surface area contributed by atoms with E-state index in [0.717, 1.165) is 22.6 Å². The van der Waals surface area contributed by atoms with Crippen molar-refractivity contribution in [1.82, 2.24) is 20.4 Å². The van der Waals surface area contributed by atoms with Crippen molar-refractivity contribution in [2.75, 3.05) is 12.4 Å². The molecule has 2 heterocycles. The molecule has 9 heteroatoms. The predicted molar refractivity (Wildman–Crippen MR) is 114 cm³/mol. The average molecular weight is 424 g/mol. The van der Waals surface area contributed by atoms with E-state index in [9.17, 15) is 4.79 Å². The van der Waals surface area contributed by atoms with Crippen molar-refractivity contribution in [2.24, 2.45) is 0 Å². The highest BCUT2D eigenvalue weighted by Crippen LogP contribution is 2.35. The lowest BCUT2D eigenvalue weighted by Crippen LogP contribution is -2.19. The molecule has 0 radical (unpaired) electrons. The number of carbonyl (C=O) groups is 1. The lowest BCUT2D eigenvalue weighted by molar-refractivity contribution is -0.115. The minimum absolute atomic E-state index is 0.167. The Morgan fingerprint density at radius 2 is 1.97 bits per heavy atom. The first-order valence-electron chi connectivity index (χ1n) is 8.71. The van der Waals surface area contributed by atoms with Gasteiger partial charge in [0.05, 0.1) is 19.0 Å². The van der Waals surface area contributed by atoms with Gasteiger partial charge in [0.15, 0.2) is 5.13 Å². The predicted octanol–water partition coefficient (Wildman–Crippen LogP) is 4.41. The fourth-order valence-corrected chi connectivity index (χ4v) is 4.30. The molecule has 0 aliphatic heterocycles. The first-order chi connectivity index (χ1) is 14.2. The Kier molecular flexibility index (Phi) is 5.87. The van der Waals surface area contributed by atoms with Crippen molar-refractivity contribution in [2.45, 2.75) is 10.3 Å². The fourth-order valence-electron chi connectivity index (χ4n) is 2.67. The molecule has 0 aliphatic rings. The molecule has 0 fully saturated rings. The Balaban J connectivity index is 1.52. The van der Waals surface area contributed by atoms with Gasteiger partial charge in [-0.05, 0) is 29.8 Å². The topological polar surface area (TPSA) is 92.8 Å². The second kappa shape index (κ2) is 8.89. The molecule has 0 saturated heterocycles. The third kappa shape index (κ3) is 4.64. The number of methoxy groups -OCH3 is 1. The number of rotatable bonds is 7. The molecule has 4 aromatic rings. The monoisotopic (exact) mass is 423 g/mol. The van der Waals surface area contributed by atoms with Crippen LogP contribution >= 0.6 is 23.1 Å². The molecule has 0 spiro atoms. The maximum Gasteiger partial charge on any atom is 0.244 e. The molecule has 2 N–H and O–H groups in total. The van der Waals surface area contributed by atoms with Crippen molar-refractivity contribution in [3.63, 3.8) is 0 Å². The first-order valence-corrected chi connectivity index (χ1v) is 10.5. The van der Waals surface area contributed by atoms with E-state index < -0.39 is 5.25 Å². The molecular weight excluding hydrogens is 406 g/mol. The largest absolute Gasteiger partial charge is 0.497 e. The van der Waals surface area contributed by atoms with Gasteiger partial charge in [0.25, 0.3) is 0 Å². The molecule has 0 saturated carbocycles. The van der Waals surface area contributed by atoms with Crippen LogP contribution in [-0.4, -0.2) is 33.4 Å². The van der Waals surface area contributed by atoms with E-state index in [1.165, 1.54) is 23.1 Å². The van der Waals surface area contributed by atoms with Gasteiger partial charge in [-0.25, -0.2) is 4.98 Å². The van der Waals surface area contributed by atoms with E-state index in [-0.39, 0.29) is 5.91 Å². The van der Waals surface area contributed by atoms with Crippen molar-refractivity contribution in [1.29, 1.82) is 0 Å². The van der Waals surface area contributed by atoms with Gasteiger partial charge >= 0.3 is 0 Å². The second-order valence-corrected chi connectivity index (χ2v) is 7.96. The number of ether oxygens (including phenoxy) is 1. The number of hydrogen-bond acceptors (Lipinski definition) is 7. The number of amides is 1. The number of aromatic nitrogens is 4. The molecule has 2 aromatic heterocycles. The molecule has 146 valence electrons.